The van der Waals surface area contributed by atoms with Crippen LogP contribution in [0.5, 0.6) is 0 Å². The van der Waals surface area contributed by atoms with E-state index < -0.39 is 0 Å². The Hall–Kier alpha value is -0.900. The lowest BCUT2D eigenvalue weighted by molar-refractivity contribution is 0.0888. The third-order valence-electron chi connectivity index (χ3n) is 4.15. The zero-order chi connectivity index (χ0) is 17.7. The summed E-state index contributed by atoms with van der Waals surface area (Å²) in [6.45, 7) is 5.53. The number of methoxy groups -OCH3 is 1. The zero-order valence-electron chi connectivity index (χ0n) is 15.8. The minimum absolute atomic E-state index is 0. The zero-order valence-corrected chi connectivity index (χ0v) is 18.2. The van der Waals surface area contributed by atoms with Gasteiger partial charge in [0.1, 0.15) is 0 Å². The molecule has 26 heavy (non-hydrogen) atoms. The third kappa shape index (κ3) is 9.16. The Kier molecular flexibility index (Phi) is 12.6. The van der Waals surface area contributed by atoms with Crippen LogP contribution in [0.3, 0.4) is 0 Å². The second-order valence-electron chi connectivity index (χ2n) is 6.26. The summed E-state index contributed by atoms with van der Waals surface area (Å²) in [7, 11) is 3.49. The van der Waals surface area contributed by atoms with E-state index in [4.69, 9.17) is 14.2 Å². The molecular weight excluding hydrogens is 445 g/mol. The van der Waals surface area contributed by atoms with Gasteiger partial charge in [0.05, 0.1) is 19.8 Å². The molecule has 0 amide bonds. The van der Waals surface area contributed by atoms with E-state index in [1.165, 1.54) is 11.1 Å². The number of benzene rings is 1. The highest BCUT2D eigenvalue weighted by Gasteiger charge is 2.15. The number of nitrogens with zero attached hydrogens (tertiary/aromatic N) is 1. The summed E-state index contributed by atoms with van der Waals surface area (Å²) >= 11 is 0. The molecule has 1 aliphatic rings. The van der Waals surface area contributed by atoms with E-state index in [9.17, 15) is 0 Å². The summed E-state index contributed by atoms with van der Waals surface area (Å²) < 4.78 is 16.2. The molecule has 0 aliphatic carbocycles. The Balaban J connectivity index is 0.00000338. The van der Waals surface area contributed by atoms with Gasteiger partial charge in [-0.1, -0.05) is 24.3 Å². The number of halogens is 1. The fraction of sp³-hybridized carbons (Fsp3) is 0.632. The van der Waals surface area contributed by atoms with Crippen molar-refractivity contribution in [3.8, 4) is 0 Å². The molecule has 1 saturated heterocycles. The van der Waals surface area contributed by atoms with Crippen molar-refractivity contribution < 1.29 is 14.2 Å². The number of guanidine groups is 1. The largest absolute Gasteiger partial charge is 0.381 e. The molecule has 1 fully saturated rings. The molecule has 2 rings (SSSR count). The summed E-state index contributed by atoms with van der Waals surface area (Å²) in [6, 6.07) is 8.39. The Bertz CT molecular complexity index is 505. The minimum Gasteiger partial charge on any atom is -0.381 e. The summed E-state index contributed by atoms with van der Waals surface area (Å²) in [6.07, 6.45) is 2.08. The van der Waals surface area contributed by atoms with Crippen LogP contribution in [0.4, 0.5) is 0 Å². The van der Waals surface area contributed by atoms with Gasteiger partial charge < -0.3 is 24.8 Å². The van der Waals surface area contributed by atoms with Crippen molar-refractivity contribution in [2.24, 2.45) is 10.9 Å². The molecule has 0 radical (unpaired) electrons. The highest BCUT2D eigenvalue weighted by atomic mass is 127. The number of ether oxygens (including phenoxy) is 3. The first kappa shape index (κ1) is 23.1. The van der Waals surface area contributed by atoms with E-state index in [1.807, 2.05) is 0 Å². The first-order chi connectivity index (χ1) is 12.3. The van der Waals surface area contributed by atoms with Gasteiger partial charge in [0.25, 0.3) is 0 Å². The van der Waals surface area contributed by atoms with Crippen LogP contribution in [-0.4, -0.2) is 53.1 Å². The van der Waals surface area contributed by atoms with Gasteiger partial charge in [-0.3, -0.25) is 4.99 Å². The Morgan fingerprint density at radius 3 is 2.65 bits per heavy atom. The maximum absolute atomic E-state index is 5.70. The maximum Gasteiger partial charge on any atom is 0.191 e. The Morgan fingerprint density at radius 2 is 2.00 bits per heavy atom. The van der Waals surface area contributed by atoms with E-state index in [-0.39, 0.29) is 24.0 Å². The minimum atomic E-state index is 0. The van der Waals surface area contributed by atoms with E-state index in [2.05, 4.69) is 39.9 Å². The lowest BCUT2D eigenvalue weighted by atomic mass is 10.1. The van der Waals surface area contributed by atoms with Crippen LogP contribution in [0.1, 0.15) is 24.0 Å². The predicted octanol–water partition coefficient (Wildman–Crippen LogP) is 2.56. The van der Waals surface area contributed by atoms with Crippen molar-refractivity contribution in [3.05, 3.63) is 35.4 Å². The number of rotatable bonds is 10. The van der Waals surface area contributed by atoms with E-state index in [1.54, 1.807) is 14.2 Å². The van der Waals surface area contributed by atoms with E-state index in [0.29, 0.717) is 12.5 Å². The number of hydrogen-bond donors (Lipinski definition) is 2. The van der Waals surface area contributed by atoms with Gasteiger partial charge in [-0.15, -0.1) is 24.0 Å². The standard InChI is InChI=1S/C19H31N3O3.HI/c1-20-19(21-9-3-10-24-14-18-8-11-25-15-18)22-12-16-4-6-17(7-5-16)13-23-2;/h4-7,18H,3,8-15H2,1-2H3,(H2,20,21,22);1H. The van der Waals surface area contributed by atoms with Crippen LogP contribution < -0.4 is 10.6 Å². The molecule has 0 bridgehead atoms. The maximum atomic E-state index is 5.70. The molecule has 1 aromatic carbocycles. The lowest BCUT2D eigenvalue weighted by Gasteiger charge is -2.13. The van der Waals surface area contributed by atoms with Crippen LogP contribution in [0.25, 0.3) is 0 Å². The van der Waals surface area contributed by atoms with Crippen LogP contribution in [0.2, 0.25) is 0 Å². The molecule has 148 valence electrons. The van der Waals surface area contributed by atoms with Crippen molar-refractivity contribution in [2.75, 3.05) is 47.1 Å². The summed E-state index contributed by atoms with van der Waals surface area (Å²) in [5, 5.41) is 6.64. The molecule has 1 heterocycles. The fourth-order valence-electron chi connectivity index (χ4n) is 2.67. The topological polar surface area (TPSA) is 64.1 Å². The highest BCUT2D eigenvalue weighted by molar-refractivity contribution is 14.0. The fourth-order valence-corrected chi connectivity index (χ4v) is 2.67. The molecule has 1 atom stereocenters. The van der Waals surface area contributed by atoms with Crippen molar-refractivity contribution in [2.45, 2.75) is 26.0 Å². The monoisotopic (exact) mass is 477 g/mol. The third-order valence-corrected chi connectivity index (χ3v) is 4.15. The van der Waals surface area contributed by atoms with Gasteiger partial charge in [-0.2, -0.15) is 0 Å². The molecule has 0 saturated carbocycles. The van der Waals surface area contributed by atoms with Gasteiger partial charge in [0.15, 0.2) is 5.96 Å². The molecular formula is C19H32IN3O3. The number of hydrogen-bond acceptors (Lipinski definition) is 4. The normalized spacial score (nSPS) is 17.0. The second-order valence-corrected chi connectivity index (χ2v) is 6.26. The van der Waals surface area contributed by atoms with Crippen LogP contribution >= 0.6 is 24.0 Å². The van der Waals surface area contributed by atoms with Gasteiger partial charge in [0, 0.05) is 46.4 Å². The van der Waals surface area contributed by atoms with Crippen molar-refractivity contribution in [1.29, 1.82) is 0 Å². The molecule has 7 heteroatoms. The van der Waals surface area contributed by atoms with Crippen molar-refractivity contribution in [1.82, 2.24) is 10.6 Å². The average molecular weight is 477 g/mol. The van der Waals surface area contributed by atoms with E-state index >= 15 is 0 Å². The van der Waals surface area contributed by atoms with Gasteiger partial charge >= 0.3 is 0 Å². The Morgan fingerprint density at radius 1 is 1.23 bits per heavy atom. The average Bonchev–Trinajstić information content (AvgIpc) is 3.15. The van der Waals surface area contributed by atoms with Crippen molar-refractivity contribution >= 4 is 29.9 Å². The van der Waals surface area contributed by atoms with Gasteiger partial charge in [-0.25, -0.2) is 0 Å². The van der Waals surface area contributed by atoms with Gasteiger partial charge in [0.2, 0.25) is 0 Å². The van der Waals surface area contributed by atoms with Crippen LogP contribution in [0.15, 0.2) is 29.3 Å². The molecule has 2 N–H and O–H groups in total. The highest BCUT2D eigenvalue weighted by Crippen LogP contribution is 2.12. The predicted molar refractivity (Wildman–Crippen MR) is 115 cm³/mol. The van der Waals surface area contributed by atoms with E-state index in [0.717, 1.165) is 58.3 Å². The van der Waals surface area contributed by atoms with Crippen molar-refractivity contribution in [3.63, 3.8) is 0 Å². The number of nitrogens with one attached hydrogen (secondary N) is 2. The van der Waals surface area contributed by atoms with Gasteiger partial charge in [-0.05, 0) is 24.0 Å². The van der Waals surface area contributed by atoms with Crippen LogP contribution in [0, 0.1) is 5.92 Å². The molecule has 0 aromatic heterocycles. The number of aliphatic imine (C=N–C) groups is 1. The molecule has 1 aromatic rings. The molecule has 1 aliphatic heterocycles. The summed E-state index contributed by atoms with van der Waals surface area (Å²) in [4.78, 5) is 4.25. The SMILES string of the molecule is CN=C(NCCCOCC1CCOC1)NCc1ccc(COC)cc1.I. The first-order valence-electron chi connectivity index (χ1n) is 8.98. The van der Waals surface area contributed by atoms with Crippen LogP contribution in [-0.2, 0) is 27.4 Å². The Labute approximate surface area is 174 Å². The quantitative estimate of drug-likeness (QED) is 0.235. The lowest BCUT2D eigenvalue weighted by Crippen LogP contribution is -2.37. The molecule has 1 unspecified atom stereocenters. The second kappa shape index (κ2) is 14.2. The summed E-state index contributed by atoms with van der Waals surface area (Å²) in [5.74, 6) is 1.39. The molecule has 0 spiro atoms. The smallest absolute Gasteiger partial charge is 0.191 e. The summed E-state index contributed by atoms with van der Waals surface area (Å²) in [5.41, 5.74) is 2.39. The molecule has 6 nitrogen and oxygen atoms in total. The first-order valence-corrected chi connectivity index (χ1v) is 8.98.